The number of alkyl halides is 3. The van der Waals surface area contributed by atoms with E-state index in [9.17, 15) is 18.0 Å². The number of para-hydroxylation sites is 1. The van der Waals surface area contributed by atoms with Gasteiger partial charge in [0.25, 0.3) is 0 Å². The molecule has 140 valence electrons. The largest absolute Gasteiger partial charge is 0.471 e. The predicted molar refractivity (Wildman–Crippen MR) is 91.5 cm³/mol. The number of hydrogen-bond acceptors (Lipinski definition) is 5. The maximum atomic E-state index is 12.5. The van der Waals surface area contributed by atoms with Crippen LogP contribution in [0.3, 0.4) is 0 Å². The topological polar surface area (TPSA) is 95.6 Å². The summed E-state index contributed by atoms with van der Waals surface area (Å²) in [6, 6.07) is 11.5. The molecule has 0 aliphatic carbocycles. The first kappa shape index (κ1) is 18.4. The summed E-state index contributed by atoms with van der Waals surface area (Å²) in [6.07, 6.45) is -1.80. The zero-order valence-corrected chi connectivity index (χ0v) is 13.9. The third-order valence-electron chi connectivity index (χ3n) is 3.61. The minimum Gasteiger partial charge on any atom is -0.374 e. The Kier molecular flexibility index (Phi) is 5.34. The van der Waals surface area contributed by atoms with Crippen molar-refractivity contribution in [2.24, 2.45) is 0 Å². The number of nitrogens with one attached hydrogen (secondary N) is 3. The summed E-state index contributed by atoms with van der Waals surface area (Å²) in [4.78, 5) is 19.4. The normalized spacial score (nSPS) is 12.4. The number of benzene rings is 1. The Balaban J connectivity index is 1.81. The van der Waals surface area contributed by atoms with E-state index >= 15 is 0 Å². The number of aromatic nitrogens is 4. The number of H-pyrrole nitrogens is 1. The molecule has 0 aliphatic rings. The van der Waals surface area contributed by atoms with E-state index < -0.39 is 18.1 Å². The molecule has 1 unspecified atom stereocenters. The number of anilines is 1. The van der Waals surface area contributed by atoms with Gasteiger partial charge in [-0.2, -0.15) is 18.3 Å². The van der Waals surface area contributed by atoms with Gasteiger partial charge in [0, 0.05) is 30.2 Å². The Morgan fingerprint density at radius 3 is 2.48 bits per heavy atom. The molecule has 0 bridgehead atoms. The predicted octanol–water partition coefficient (Wildman–Crippen LogP) is 2.70. The van der Waals surface area contributed by atoms with Crippen molar-refractivity contribution in [2.75, 3.05) is 11.9 Å². The van der Waals surface area contributed by atoms with E-state index in [1.165, 1.54) is 0 Å². The third-order valence-corrected chi connectivity index (χ3v) is 3.61. The Hall–Kier alpha value is -3.43. The highest BCUT2D eigenvalue weighted by Gasteiger charge is 2.38. The first-order chi connectivity index (χ1) is 12.9. The Bertz CT molecular complexity index is 882. The molecule has 0 radical (unpaired) electrons. The van der Waals surface area contributed by atoms with Crippen LogP contribution in [0.4, 0.5) is 18.9 Å². The molecule has 0 aliphatic heterocycles. The van der Waals surface area contributed by atoms with Crippen LogP contribution in [0.15, 0.2) is 54.9 Å². The van der Waals surface area contributed by atoms with Crippen LogP contribution in [-0.2, 0) is 4.79 Å². The fourth-order valence-corrected chi connectivity index (χ4v) is 2.31. The lowest BCUT2D eigenvalue weighted by Gasteiger charge is -2.18. The highest BCUT2D eigenvalue weighted by atomic mass is 19.4. The first-order valence-electron chi connectivity index (χ1n) is 7.93. The zero-order chi connectivity index (χ0) is 19.3. The summed E-state index contributed by atoms with van der Waals surface area (Å²) in [5, 5.41) is 11.7. The number of aromatic amines is 1. The summed E-state index contributed by atoms with van der Waals surface area (Å²) in [6.45, 7) is -0.335. The summed E-state index contributed by atoms with van der Waals surface area (Å²) in [7, 11) is 0. The summed E-state index contributed by atoms with van der Waals surface area (Å²) < 4.78 is 37.4. The van der Waals surface area contributed by atoms with Crippen LogP contribution in [0.2, 0.25) is 0 Å². The lowest BCUT2D eigenvalue weighted by molar-refractivity contribution is -0.173. The van der Waals surface area contributed by atoms with Gasteiger partial charge in [0.15, 0.2) is 5.82 Å². The lowest BCUT2D eigenvalue weighted by Crippen LogP contribution is -2.40. The third kappa shape index (κ3) is 4.81. The van der Waals surface area contributed by atoms with Gasteiger partial charge in [-0.3, -0.25) is 14.9 Å². The van der Waals surface area contributed by atoms with Crippen molar-refractivity contribution in [1.82, 2.24) is 25.5 Å². The number of rotatable bonds is 6. The molecule has 2 heterocycles. The van der Waals surface area contributed by atoms with Gasteiger partial charge in [-0.05, 0) is 24.3 Å². The molecule has 27 heavy (non-hydrogen) atoms. The van der Waals surface area contributed by atoms with Crippen molar-refractivity contribution in [3.05, 3.63) is 60.7 Å². The van der Waals surface area contributed by atoms with E-state index in [0.29, 0.717) is 17.1 Å². The van der Waals surface area contributed by atoms with Crippen LogP contribution < -0.4 is 10.6 Å². The van der Waals surface area contributed by atoms with Gasteiger partial charge in [-0.15, -0.1) is 0 Å². The molecule has 1 amide bonds. The van der Waals surface area contributed by atoms with Gasteiger partial charge in [-0.1, -0.05) is 18.2 Å². The number of hydrogen-bond donors (Lipinski definition) is 3. The molecule has 7 nitrogen and oxygen atoms in total. The van der Waals surface area contributed by atoms with Crippen LogP contribution in [-0.4, -0.2) is 38.8 Å². The monoisotopic (exact) mass is 376 g/mol. The molecule has 3 rings (SSSR count). The molecule has 2 aromatic heterocycles. The van der Waals surface area contributed by atoms with Gasteiger partial charge in [0.2, 0.25) is 0 Å². The summed E-state index contributed by atoms with van der Waals surface area (Å²) in [5.74, 6) is -1.36. The molecule has 1 atom stereocenters. The number of carbonyl (C=O) groups excluding carboxylic acids is 1. The second-order valence-corrected chi connectivity index (χ2v) is 5.55. The van der Waals surface area contributed by atoms with Crippen molar-refractivity contribution in [1.29, 1.82) is 0 Å². The van der Waals surface area contributed by atoms with Crippen molar-refractivity contribution in [3.63, 3.8) is 0 Å². The summed E-state index contributed by atoms with van der Waals surface area (Å²) >= 11 is 0. The number of carbonyl (C=O) groups is 1. The molecule has 10 heteroatoms. The van der Waals surface area contributed by atoms with E-state index in [0.717, 1.165) is 0 Å². The van der Waals surface area contributed by atoms with Gasteiger partial charge in [-0.25, -0.2) is 4.98 Å². The maximum Gasteiger partial charge on any atom is 0.471 e. The molecule has 0 fully saturated rings. The van der Waals surface area contributed by atoms with Gasteiger partial charge < -0.3 is 10.6 Å². The van der Waals surface area contributed by atoms with Crippen molar-refractivity contribution >= 4 is 11.6 Å². The van der Waals surface area contributed by atoms with Crippen LogP contribution in [0.5, 0.6) is 0 Å². The lowest BCUT2D eigenvalue weighted by atomic mass is 10.2. The van der Waals surface area contributed by atoms with Crippen LogP contribution in [0, 0.1) is 0 Å². The van der Waals surface area contributed by atoms with E-state index in [1.54, 1.807) is 48.8 Å². The molecular weight excluding hydrogens is 361 g/mol. The molecule has 3 aromatic rings. The summed E-state index contributed by atoms with van der Waals surface area (Å²) in [5.41, 5.74) is 1.36. The van der Waals surface area contributed by atoms with Crippen molar-refractivity contribution < 1.29 is 18.0 Å². The quantitative estimate of drug-likeness (QED) is 0.615. The van der Waals surface area contributed by atoms with E-state index in [1.807, 2.05) is 11.4 Å². The van der Waals surface area contributed by atoms with Crippen LogP contribution in [0.1, 0.15) is 11.9 Å². The average Bonchev–Trinajstić information content (AvgIpc) is 3.15. The van der Waals surface area contributed by atoms with E-state index in [2.05, 4.69) is 25.5 Å². The second-order valence-electron chi connectivity index (χ2n) is 5.55. The molecular formula is C17H15F3N6O. The van der Waals surface area contributed by atoms with Gasteiger partial charge >= 0.3 is 12.1 Å². The molecule has 0 spiro atoms. The molecule has 0 saturated carbocycles. The SMILES string of the molecule is O=C(NCC(Nc1ccccc1)c1nc(-c2ccncc2)n[nH]1)C(F)(F)F. The number of halogens is 3. The molecule has 0 saturated heterocycles. The number of pyridine rings is 1. The van der Waals surface area contributed by atoms with Crippen molar-refractivity contribution in [3.8, 4) is 11.4 Å². The number of nitrogens with zero attached hydrogens (tertiary/aromatic N) is 3. The Labute approximate surface area is 152 Å². The van der Waals surface area contributed by atoms with Crippen LogP contribution in [0.25, 0.3) is 11.4 Å². The van der Waals surface area contributed by atoms with Crippen molar-refractivity contribution in [2.45, 2.75) is 12.2 Å². The Morgan fingerprint density at radius 2 is 1.81 bits per heavy atom. The molecule has 1 aromatic carbocycles. The minimum atomic E-state index is -4.96. The fraction of sp³-hybridized carbons (Fsp3) is 0.176. The number of amides is 1. The smallest absolute Gasteiger partial charge is 0.374 e. The standard InChI is InChI=1S/C17H15F3N6O/c18-17(19,20)16(27)22-10-13(23-12-4-2-1-3-5-12)15-24-14(25-26-15)11-6-8-21-9-7-11/h1-9,13,23H,10H2,(H,22,27)(H,24,25,26). The van der Waals surface area contributed by atoms with Crippen LogP contribution >= 0.6 is 0 Å². The average molecular weight is 376 g/mol. The minimum absolute atomic E-state index is 0.285. The second kappa shape index (κ2) is 7.85. The zero-order valence-electron chi connectivity index (χ0n) is 13.9. The van der Waals surface area contributed by atoms with E-state index in [-0.39, 0.29) is 12.4 Å². The fourth-order valence-electron chi connectivity index (χ4n) is 2.31. The highest BCUT2D eigenvalue weighted by Crippen LogP contribution is 2.20. The van der Waals surface area contributed by atoms with Gasteiger partial charge in [0.1, 0.15) is 11.9 Å². The highest BCUT2D eigenvalue weighted by molar-refractivity contribution is 5.81. The Morgan fingerprint density at radius 1 is 1.11 bits per heavy atom. The van der Waals surface area contributed by atoms with E-state index in [4.69, 9.17) is 0 Å². The maximum absolute atomic E-state index is 12.5. The molecule has 3 N–H and O–H groups in total. The van der Waals surface area contributed by atoms with Gasteiger partial charge in [0.05, 0.1) is 0 Å². The first-order valence-corrected chi connectivity index (χ1v) is 7.93.